The van der Waals surface area contributed by atoms with Crippen LogP contribution in [0.15, 0.2) is 53.3 Å². The summed E-state index contributed by atoms with van der Waals surface area (Å²) in [4.78, 5) is 34.3. The van der Waals surface area contributed by atoms with E-state index in [-0.39, 0.29) is 18.0 Å². The van der Waals surface area contributed by atoms with Gasteiger partial charge < -0.3 is 9.88 Å². The minimum absolute atomic E-state index is 0.0823. The van der Waals surface area contributed by atoms with Crippen molar-refractivity contribution in [2.45, 2.75) is 31.7 Å². The number of rotatable bonds is 4. The monoisotopic (exact) mass is 347 g/mol. The summed E-state index contributed by atoms with van der Waals surface area (Å²) < 4.78 is 0. The normalized spacial score (nSPS) is 15.0. The van der Waals surface area contributed by atoms with Crippen molar-refractivity contribution in [3.05, 3.63) is 75.8 Å². The number of fused-ring (bicyclic) bond motifs is 1. The number of nitrogens with zero attached hydrogens (tertiary/aromatic N) is 2. The second-order valence-electron chi connectivity index (χ2n) is 7.14. The van der Waals surface area contributed by atoms with Gasteiger partial charge >= 0.3 is 0 Å². The predicted octanol–water partition coefficient (Wildman–Crippen LogP) is 2.92. The van der Waals surface area contributed by atoms with Gasteiger partial charge in [0.15, 0.2) is 0 Å². The summed E-state index contributed by atoms with van der Waals surface area (Å²) in [5, 5.41) is 0.559. The van der Waals surface area contributed by atoms with E-state index >= 15 is 0 Å². The van der Waals surface area contributed by atoms with Gasteiger partial charge in [-0.15, -0.1) is 0 Å². The predicted molar refractivity (Wildman–Crippen MR) is 101 cm³/mol. The lowest BCUT2D eigenvalue weighted by Crippen LogP contribution is -2.37. The topological polar surface area (TPSA) is 66.1 Å². The first-order chi connectivity index (χ1) is 12.5. The van der Waals surface area contributed by atoms with E-state index in [0.717, 1.165) is 24.0 Å². The van der Waals surface area contributed by atoms with Crippen molar-refractivity contribution in [2.75, 3.05) is 7.05 Å². The van der Waals surface area contributed by atoms with Crippen LogP contribution in [0.25, 0.3) is 10.9 Å². The van der Waals surface area contributed by atoms with Crippen LogP contribution in [-0.2, 0) is 16.8 Å². The molecular formula is C21H21N3O2. The summed E-state index contributed by atoms with van der Waals surface area (Å²) in [5.74, 6) is 0.587. The van der Waals surface area contributed by atoms with E-state index in [1.165, 1.54) is 0 Å². The zero-order valence-corrected chi connectivity index (χ0v) is 15.0. The van der Waals surface area contributed by atoms with Gasteiger partial charge in [0, 0.05) is 7.05 Å². The molecule has 0 atom stereocenters. The fourth-order valence-corrected chi connectivity index (χ4v) is 3.57. The molecule has 5 nitrogen and oxygen atoms in total. The molecular weight excluding hydrogens is 326 g/mol. The molecule has 1 N–H and O–H groups in total. The molecule has 1 fully saturated rings. The van der Waals surface area contributed by atoms with Crippen LogP contribution < -0.4 is 5.56 Å². The molecule has 0 bridgehead atoms. The minimum atomic E-state index is -0.419. The van der Waals surface area contributed by atoms with Crippen molar-refractivity contribution < 1.29 is 4.79 Å². The van der Waals surface area contributed by atoms with Gasteiger partial charge in [0.25, 0.3) is 5.56 Å². The average molecular weight is 347 g/mol. The van der Waals surface area contributed by atoms with Gasteiger partial charge in [-0.3, -0.25) is 9.59 Å². The van der Waals surface area contributed by atoms with Crippen molar-refractivity contribution in [3.63, 3.8) is 0 Å². The molecule has 1 amide bonds. The number of H-pyrrole nitrogens is 1. The molecule has 0 aliphatic heterocycles. The molecule has 2 aromatic carbocycles. The smallest absolute Gasteiger partial charge is 0.258 e. The van der Waals surface area contributed by atoms with Crippen LogP contribution in [0.2, 0.25) is 0 Å². The highest BCUT2D eigenvalue weighted by Crippen LogP contribution is 2.49. The van der Waals surface area contributed by atoms with E-state index in [1.807, 2.05) is 43.3 Å². The number of nitrogens with one attached hydrogen (secondary N) is 1. The maximum absolute atomic E-state index is 13.1. The van der Waals surface area contributed by atoms with Gasteiger partial charge in [-0.2, -0.15) is 0 Å². The molecule has 0 saturated heterocycles. The van der Waals surface area contributed by atoms with Gasteiger partial charge in [0.05, 0.1) is 22.9 Å². The maximum Gasteiger partial charge on any atom is 0.258 e. The third kappa shape index (κ3) is 2.79. The molecule has 132 valence electrons. The Hall–Kier alpha value is -2.95. The molecule has 5 heteroatoms. The molecule has 1 aliphatic rings. The van der Waals surface area contributed by atoms with Gasteiger partial charge in [-0.1, -0.05) is 42.0 Å². The van der Waals surface area contributed by atoms with Crippen LogP contribution >= 0.6 is 0 Å². The number of likely N-dealkylation sites (N-methyl/N-ethyl adjacent to an activating group) is 1. The van der Waals surface area contributed by atoms with Crippen LogP contribution in [0.1, 0.15) is 29.8 Å². The van der Waals surface area contributed by atoms with E-state index in [2.05, 4.69) is 16.0 Å². The van der Waals surface area contributed by atoms with Gasteiger partial charge in [0.1, 0.15) is 5.82 Å². The van der Waals surface area contributed by atoms with Crippen molar-refractivity contribution in [1.29, 1.82) is 0 Å². The number of amides is 1. The Morgan fingerprint density at radius 1 is 1.19 bits per heavy atom. The van der Waals surface area contributed by atoms with E-state index < -0.39 is 5.41 Å². The Kier molecular flexibility index (Phi) is 3.87. The first-order valence-corrected chi connectivity index (χ1v) is 8.80. The van der Waals surface area contributed by atoms with Crippen LogP contribution in [0.4, 0.5) is 0 Å². The lowest BCUT2D eigenvalue weighted by atomic mass is 9.93. The van der Waals surface area contributed by atoms with Gasteiger partial charge in [-0.25, -0.2) is 4.98 Å². The minimum Gasteiger partial charge on any atom is -0.338 e. The number of hydrogen-bond donors (Lipinski definition) is 1. The molecule has 0 unspecified atom stereocenters. The molecule has 0 radical (unpaired) electrons. The van der Waals surface area contributed by atoms with E-state index in [4.69, 9.17) is 0 Å². The van der Waals surface area contributed by atoms with Crippen molar-refractivity contribution >= 4 is 16.8 Å². The highest BCUT2D eigenvalue weighted by Gasteiger charge is 2.52. The van der Waals surface area contributed by atoms with E-state index in [9.17, 15) is 9.59 Å². The zero-order chi connectivity index (χ0) is 18.3. The maximum atomic E-state index is 13.1. The molecule has 1 saturated carbocycles. The number of aromatic amines is 1. The molecule has 1 heterocycles. The van der Waals surface area contributed by atoms with Gasteiger partial charge in [0.2, 0.25) is 5.91 Å². The molecule has 1 aliphatic carbocycles. The fraction of sp³-hybridized carbons (Fsp3) is 0.286. The Labute approximate surface area is 151 Å². The zero-order valence-electron chi connectivity index (χ0n) is 15.0. The molecule has 0 spiro atoms. The number of aromatic nitrogens is 2. The van der Waals surface area contributed by atoms with E-state index in [0.29, 0.717) is 16.7 Å². The van der Waals surface area contributed by atoms with Crippen LogP contribution in [-0.4, -0.2) is 27.8 Å². The quantitative estimate of drug-likeness (QED) is 0.789. The average Bonchev–Trinajstić information content (AvgIpc) is 3.43. The van der Waals surface area contributed by atoms with Crippen molar-refractivity contribution in [3.8, 4) is 0 Å². The summed E-state index contributed by atoms with van der Waals surface area (Å²) in [6.45, 7) is 2.32. The standard InChI is InChI=1S/C21H21N3O2/c1-14-6-5-7-15(12-14)21(10-11-21)20(26)24(2)13-18-22-17-9-4-3-8-16(17)19(25)23-18/h3-9,12H,10-11,13H2,1-2H3,(H,22,23,25). The van der Waals surface area contributed by atoms with Gasteiger partial charge in [-0.05, 0) is 37.5 Å². The van der Waals surface area contributed by atoms with E-state index in [1.54, 1.807) is 18.0 Å². The number of benzene rings is 2. The van der Waals surface area contributed by atoms with Crippen LogP contribution in [0.3, 0.4) is 0 Å². The highest BCUT2D eigenvalue weighted by atomic mass is 16.2. The summed E-state index contributed by atoms with van der Waals surface area (Å²) in [6.07, 6.45) is 1.72. The lowest BCUT2D eigenvalue weighted by Gasteiger charge is -2.24. The Morgan fingerprint density at radius 2 is 1.96 bits per heavy atom. The molecule has 1 aromatic heterocycles. The van der Waals surface area contributed by atoms with Crippen LogP contribution in [0, 0.1) is 6.92 Å². The molecule has 3 aromatic rings. The third-order valence-corrected chi connectivity index (χ3v) is 5.13. The second-order valence-corrected chi connectivity index (χ2v) is 7.14. The number of aryl methyl sites for hydroxylation is 1. The summed E-state index contributed by atoms with van der Waals surface area (Å²) in [7, 11) is 1.77. The highest BCUT2D eigenvalue weighted by molar-refractivity contribution is 5.91. The number of para-hydroxylation sites is 1. The van der Waals surface area contributed by atoms with Crippen LogP contribution in [0.5, 0.6) is 0 Å². The summed E-state index contributed by atoms with van der Waals surface area (Å²) in [5.41, 5.74) is 2.29. The SMILES string of the molecule is Cc1cccc(C2(C(=O)N(C)Cc3nc4ccccc4c(=O)[nH]3)CC2)c1. The molecule has 26 heavy (non-hydrogen) atoms. The largest absolute Gasteiger partial charge is 0.338 e. The Morgan fingerprint density at radius 3 is 2.69 bits per heavy atom. The van der Waals surface area contributed by atoms with Crippen molar-refractivity contribution in [2.24, 2.45) is 0 Å². The summed E-state index contributed by atoms with van der Waals surface area (Å²) >= 11 is 0. The number of carbonyl (C=O) groups is 1. The lowest BCUT2D eigenvalue weighted by molar-refractivity contribution is -0.133. The fourth-order valence-electron chi connectivity index (χ4n) is 3.57. The Bertz CT molecular complexity index is 1050. The first kappa shape index (κ1) is 16.5. The van der Waals surface area contributed by atoms with Crippen molar-refractivity contribution in [1.82, 2.24) is 14.9 Å². The Balaban J connectivity index is 1.59. The number of hydrogen-bond acceptors (Lipinski definition) is 3. The number of carbonyl (C=O) groups excluding carboxylic acids is 1. The molecule has 4 rings (SSSR count). The second kappa shape index (κ2) is 6.09. The first-order valence-electron chi connectivity index (χ1n) is 8.80. The third-order valence-electron chi connectivity index (χ3n) is 5.13. The summed E-state index contributed by atoms with van der Waals surface area (Å²) in [6, 6.07) is 15.4.